The monoisotopic (exact) mass is 280 g/mol. The average molecular weight is 280 g/mol. The van der Waals surface area contributed by atoms with E-state index in [4.69, 9.17) is 4.74 Å². The SMILES string of the molecule is COc1ccc(CNc2cccc(-n3cccn3)c2)cn1. The highest BCUT2D eigenvalue weighted by atomic mass is 16.5. The van der Waals surface area contributed by atoms with Crippen molar-refractivity contribution in [2.75, 3.05) is 12.4 Å². The highest BCUT2D eigenvalue weighted by Gasteiger charge is 1.99. The van der Waals surface area contributed by atoms with Gasteiger partial charge in [0.25, 0.3) is 0 Å². The number of anilines is 1. The van der Waals surface area contributed by atoms with Crippen molar-refractivity contribution < 1.29 is 4.74 Å². The summed E-state index contributed by atoms with van der Waals surface area (Å²) in [6.45, 7) is 0.708. The van der Waals surface area contributed by atoms with E-state index in [9.17, 15) is 0 Å². The molecule has 0 spiro atoms. The quantitative estimate of drug-likeness (QED) is 0.780. The number of hydrogen-bond acceptors (Lipinski definition) is 4. The van der Waals surface area contributed by atoms with Crippen LogP contribution in [-0.2, 0) is 6.54 Å². The van der Waals surface area contributed by atoms with E-state index in [1.54, 1.807) is 13.3 Å². The maximum absolute atomic E-state index is 5.05. The van der Waals surface area contributed by atoms with Crippen LogP contribution in [-0.4, -0.2) is 21.9 Å². The Hall–Kier alpha value is -2.82. The molecule has 21 heavy (non-hydrogen) atoms. The fourth-order valence-electron chi connectivity index (χ4n) is 2.02. The summed E-state index contributed by atoms with van der Waals surface area (Å²) in [4.78, 5) is 4.19. The van der Waals surface area contributed by atoms with Crippen LogP contribution in [0.25, 0.3) is 5.69 Å². The van der Waals surface area contributed by atoms with Crippen molar-refractivity contribution in [1.82, 2.24) is 14.8 Å². The van der Waals surface area contributed by atoms with Gasteiger partial charge in [-0.25, -0.2) is 9.67 Å². The van der Waals surface area contributed by atoms with E-state index in [1.165, 1.54) is 0 Å². The molecule has 106 valence electrons. The van der Waals surface area contributed by atoms with E-state index >= 15 is 0 Å². The molecule has 0 aliphatic rings. The van der Waals surface area contributed by atoms with Crippen LogP contribution in [0.5, 0.6) is 5.88 Å². The van der Waals surface area contributed by atoms with Crippen molar-refractivity contribution in [2.24, 2.45) is 0 Å². The largest absolute Gasteiger partial charge is 0.481 e. The molecule has 0 radical (unpaired) electrons. The summed E-state index contributed by atoms with van der Waals surface area (Å²) in [6.07, 6.45) is 5.50. The molecule has 0 atom stereocenters. The molecule has 0 fully saturated rings. The maximum atomic E-state index is 5.05. The van der Waals surface area contributed by atoms with Crippen LogP contribution in [0, 0.1) is 0 Å². The second-order valence-corrected chi connectivity index (χ2v) is 4.56. The average Bonchev–Trinajstić information content (AvgIpc) is 3.08. The highest BCUT2D eigenvalue weighted by Crippen LogP contribution is 2.15. The fourth-order valence-corrected chi connectivity index (χ4v) is 2.02. The van der Waals surface area contributed by atoms with Gasteiger partial charge < -0.3 is 10.1 Å². The van der Waals surface area contributed by atoms with Gasteiger partial charge in [0.15, 0.2) is 0 Å². The zero-order valence-electron chi connectivity index (χ0n) is 11.7. The van der Waals surface area contributed by atoms with Crippen molar-refractivity contribution in [3.63, 3.8) is 0 Å². The summed E-state index contributed by atoms with van der Waals surface area (Å²) in [5.41, 5.74) is 3.16. The second kappa shape index (κ2) is 6.09. The molecule has 2 heterocycles. The highest BCUT2D eigenvalue weighted by molar-refractivity contribution is 5.51. The normalized spacial score (nSPS) is 10.3. The number of aromatic nitrogens is 3. The molecule has 0 unspecified atom stereocenters. The number of hydrogen-bond donors (Lipinski definition) is 1. The first-order valence-corrected chi connectivity index (χ1v) is 6.68. The lowest BCUT2D eigenvalue weighted by molar-refractivity contribution is 0.397. The standard InChI is InChI=1S/C16H16N4O/c1-21-16-7-6-13(12-18-16)11-17-14-4-2-5-15(10-14)20-9-3-8-19-20/h2-10,12,17H,11H2,1H3. The molecule has 3 aromatic rings. The fraction of sp³-hybridized carbons (Fsp3) is 0.125. The van der Waals surface area contributed by atoms with Crippen LogP contribution in [0.15, 0.2) is 61.1 Å². The lowest BCUT2D eigenvalue weighted by atomic mass is 10.2. The van der Waals surface area contributed by atoms with E-state index in [2.05, 4.69) is 21.5 Å². The van der Waals surface area contributed by atoms with Gasteiger partial charge in [-0.1, -0.05) is 12.1 Å². The third-order valence-corrected chi connectivity index (χ3v) is 3.12. The van der Waals surface area contributed by atoms with Crippen molar-refractivity contribution in [1.29, 1.82) is 0 Å². The van der Waals surface area contributed by atoms with Gasteiger partial charge in [0.1, 0.15) is 0 Å². The first kappa shape index (κ1) is 13.2. The third kappa shape index (κ3) is 3.20. The zero-order valence-corrected chi connectivity index (χ0v) is 11.7. The van der Waals surface area contributed by atoms with Crippen LogP contribution in [0.4, 0.5) is 5.69 Å². The number of methoxy groups -OCH3 is 1. The Labute approximate surface area is 123 Å². The lowest BCUT2D eigenvalue weighted by Crippen LogP contribution is -2.01. The molecule has 0 aliphatic carbocycles. The van der Waals surface area contributed by atoms with Gasteiger partial charge in [-0.15, -0.1) is 0 Å². The Morgan fingerprint density at radius 3 is 2.86 bits per heavy atom. The minimum Gasteiger partial charge on any atom is -0.481 e. The zero-order chi connectivity index (χ0) is 14.5. The summed E-state index contributed by atoms with van der Waals surface area (Å²) in [7, 11) is 1.61. The number of nitrogens with one attached hydrogen (secondary N) is 1. The predicted octanol–water partition coefficient (Wildman–Crippen LogP) is 2.89. The van der Waals surface area contributed by atoms with E-state index < -0.39 is 0 Å². The number of benzene rings is 1. The lowest BCUT2D eigenvalue weighted by Gasteiger charge is -2.09. The molecule has 0 aliphatic heterocycles. The number of nitrogens with zero attached hydrogens (tertiary/aromatic N) is 3. The number of pyridine rings is 1. The summed E-state index contributed by atoms with van der Waals surface area (Å²) in [5, 5.41) is 7.61. The number of rotatable bonds is 5. The summed E-state index contributed by atoms with van der Waals surface area (Å²) in [6, 6.07) is 13.9. The minimum atomic E-state index is 0.624. The Morgan fingerprint density at radius 1 is 1.19 bits per heavy atom. The van der Waals surface area contributed by atoms with Gasteiger partial charge in [-0.05, 0) is 29.8 Å². The van der Waals surface area contributed by atoms with Crippen molar-refractivity contribution >= 4 is 5.69 Å². The molecule has 1 N–H and O–H groups in total. The number of ether oxygens (including phenoxy) is 1. The van der Waals surface area contributed by atoms with Gasteiger partial charge in [0, 0.05) is 36.9 Å². The summed E-state index contributed by atoms with van der Waals surface area (Å²) >= 11 is 0. The van der Waals surface area contributed by atoms with E-state index in [1.807, 2.05) is 53.5 Å². The first-order valence-electron chi connectivity index (χ1n) is 6.68. The van der Waals surface area contributed by atoms with Crippen LogP contribution in [0.3, 0.4) is 0 Å². The Bertz CT molecular complexity index is 693. The maximum Gasteiger partial charge on any atom is 0.212 e. The molecule has 3 rings (SSSR count). The molecule has 0 bridgehead atoms. The second-order valence-electron chi connectivity index (χ2n) is 4.56. The van der Waals surface area contributed by atoms with Crippen molar-refractivity contribution in [2.45, 2.75) is 6.54 Å². The molecule has 1 aromatic carbocycles. The molecule has 5 nitrogen and oxygen atoms in total. The molecule has 0 saturated heterocycles. The van der Waals surface area contributed by atoms with Gasteiger partial charge in [-0.3, -0.25) is 0 Å². The third-order valence-electron chi connectivity index (χ3n) is 3.12. The topological polar surface area (TPSA) is 52.0 Å². The molecular weight excluding hydrogens is 264 g/mol. The molecular formula is C16H16N4O. The van der Waals surface area contributed by atoms with E-state index in [0.29, 0.717) is 12.4 Å². The van der Waals surface area contributed by atoms with E-state index in [0.717, 1.165) is 16.9 Å². The van der Waals surface area contributed by atoms with Crippen molar-refractivity contribution in [3.05, 3.63) is 66.6 Å². The van der Waals surface area contributed by atoms with E-state index in [-0.39, 0.29) is 0 Å². The predicted molar refractivity (Wildman–Crippen MR) is 81.7 cm³/mol. The smallest absolute Gasteiger partial charge is 0.212 e. The molecule has 2 aromatic heterocycles. The Morgan fingerprint density at radius 2 is 2.14 bits per heavy atom. The van der Waals surface area contributed by atoms with Crippen LogP contribution < -0.4 is 10.1 Å². The van der Waals surface area contributed by atoms with Gasteiger partial charge in [-0.2, -0.15) is 5.10 Å². The Balaban J connectivity index is 1.68. The van der Waals surface area contributed by atoms with Crippen molar-refractivity contribution in [3.8, 4) is 11.6 Å². The molecule has 0 amide bonds. The van der Waals surface area contributed by atoms with Gasteiger partial charge in [0.2, 0.25) is 5.88 Å². The molecule has 5 heteroatoms. The van der Waals surface area contributed by atoms with Crippen LogP contribution >= 0.6 is 0 Å². The molecule has 0 saturated carbocycles. The Kier molecular flexibility index (Phi) is 3.82. The van der Waals surface area contributed by atoms with Gasteiger partial charge >= 0.3 is 0 Å². The minimum absolute atomic E-state index is 0.624. The van der Waals surface area contributed by atoms with Gasteiger partial charge in [0.05, 0.1) is 12.8 Å². The van der Waals surface area contributed by atoms with Crippen LogP contribution in [0.1, 0.15) is 5.56 Å². The first-order chi connectivity index (χ1) is 10.3. The van der Waals surface area contributed by atoms with Crippen LogP contribution in [0.2, 0.25) is 0 Å². The summed E-state index contributed by atoms with van der Waals surface area (Å²) in [5.74, 6) is 0.624. The summed E-state index contributed by atoms with van der Waals surface area (Å²) < 4.78 is 6.88.